The van der Waals surface area contributed by atoms with Gasteiger partial charge in [-0.2, -0.15) is 0 Å². The van der Waals surface area contributed by atoms with Crippen LogP contribution in [0.3, 0.4) is 0 Å². The van der Waals surface area contributed by atoms with Crippen molar-refractivity contribution in [1.82, 2.24) is 9.97 Å². The van der Waals surface area contributed by atoms with E-state index in [1.807, 2.05) is 20.0 Å². The van der Waals surface area contributed by atoms with Gasteiger partial charge in [-0.3, -0.25) is 4.79 Å². The predicted molar refractivity (Wildman–Crippen MR) is 98.9 cm³/mol. The Labute approximate surface area is 144 Å². The van der Waals surface area contributed by atoms with Crippen LogP contribution in [0.25, 0.3) is 0 Å². The Bertz CT molecular complexity index is 626. The maximum Gasteiger partial charge on any atom is 0.141 e. The van der Waals surface area contributed by atoms with Crippen LogP contribution >= 0.6 is 0 Å². The van der Waals surface area contributed by atoms with Gasteiger partial charge in [0.05, 0.1) is 0 Å². The van der Waals surface area contributed by atoms with E-state index in [-0.39, 0.29) is 12.0 Å². The van der Waals surface area contributed by atoms with Crippen molar-refractivity contribution in [2.45, 2.75) is 58.9 Å². The fraction of sp³-hybridized carbons (Fsp3) is 0.526. The zero-order valence-corrected chi connectivity index (χ0v) is 15.0. The smallest absolute Gasteiger partial charge is 0.141 e. The monoisotopic (exact) mass is 328 g/mol. The molecule has 1 aromatic rings. The predicted octanol–water partition coefficient (Wildman–Crippen LogP) is 4.22. The molecule has 5 nitrogen and oxygen atoms in total. The van der Waals surface area contributed by atoms with Gasteiger partial charge in [-0.25, -0.2) is 9.97 Å². The summed E-state index contributed by atoms with van der Waals surface area (Å²) >= 11 is 0. The number of ketones is 1. The first-order chi connectivity index (χ1) is 11.5. The summed E-state index contributed by atoms with van der Waals surface area (Å²) in [7, 11) is 0. The molecule has 5 heteroatoms. The molecule has 1 N–H and O–H groups in total. The largest absolute Gasteiger partial charge is 0.344 e. The van der Waals surface area contributed by atoms with E-state index in [0.717, 1.165) is 48.6 Å². The van der Waals surface area contributed by atoms with Gasteiger partial charge in [0.2, 0.25) is 0 Å². The summed E-state index contributed by atoms with van der Waals surface area (Å²) in [6.07, 6.45) is 7.79. The Morgan fingerprint density at radius 1 is 1.46 bits per heavy atom. The van der Waals surface area contributed by atoms with Crippen molar-refractivity contribution in [3.8, 4) is 0 Å². The fourth-order valence-corrected chi connectivity index (χ4v) is 3.39. The van der Waals surface area contributed by atoms with Crippen molar-refractivity contribution < 1.29 is 4.79 Å². The molecule has 1 aromatic heterocycles. The molecular weight excluding hydrogens is 300 g/mol. The molecule has 1 aliphatic carbocycles. The summed E-state index contributed by atoms with van der Waals surface area (Å²) in [5, 5.41) is 3.17. The third-order valence-electron chi connectivity index (χ3n) is 4.58. The zero-order valence-electron chi connectivity index (χ0n) is 15.0. The minimum absolute atomic E-state index is 0.174. The lowest BCUT2D eigenvalue weighted by molar-refractivity contribution is -0.122. The second-order valence-electron chi connectivity index (χ2n) is 6.55. The molecule has 0 aliphatic heterocycles. The average Bonchev–Trinajstić information content (AvgIpc) is 3.01. The van der Waals surface area contributed by atoms with Crippen LogP contribution in [0.15, 0.2) is 31.4 Å². The standard InChI is InChI=1S/C19H28N4O/c1-6-8-17(24)15-9-10-16(11-15)23(7-2)19-14(5)18(20-12-21-19)22-13(3)4/h7,12,15-16H,2-3,6,8-11H2,1,4-5H3,(H,20,21,22). The van der Waals surface area contributed by atoms with Gasteiger partial charge in [-0.1, -0.05) is 20.1 Å². The van der Waals surface area contributed by atoms with E-state index in [0.29, 0.717) is 12.2 Å². The van der Waals surface area contributed by atoms with Crippen LogP contribution in [-0.4, -0.2) is 21.8 Å². The molecule has 24 heavy (non-hydrogen) atoms. The van der Waals surface area contributed by atoms with Gasteiger partial charge in [-0.05, 0) is 45.7 Å². The Hall–Kier alpha value is -2.17. The van der Waals surface area contributed by atoms with E-state index in [1.165, 1.54) is 0 Å². The number of carbonyl (C=O) groups excluding carboxylic acids is 1. The lowest BCUT2D eigenvalue weighted by Crippen LogP contribution is -2.30. The Kier molecular flexibility index (Phi) is 6.12. The number of aromatic nitrogens is 2. The van der Waals surface area contributed by atoms with Crippen LogP contribution in [0.1, 0.15) is 51.5 Å². The highest BCUT2D eigenvalue weighted by Crippen LogP contribution is 2.35. The van der Waals surface area contributed by atoms with Crippen molar-refractivity contribution in [2.24, 2.45) is 5.92 Å². The SMILES string of the molecule is C=CN(c1ncnc(NC(=C)C)c1C)C1CCC(C(=O)CCC)C1. The maximum atomic E-state index is 12.2. The summed E-state index contributed by atoms with van der Waals surface area (Å²) in [6.45, 7) is 13.8. The van der Waals surface area contributed by atoms with Crippen LogP contribution < -0.4 is 10.2 Å². The van der Waals surface area contributed by atoms with Crippen molar-refractivity contribution in [1.29, 1.82) is 0 Å². The van der Waals surface area contributed by atoms with Crippen molar-refractivity contribution in [3.05, 3.63) is 36.9 Å². The van der Waals surface area contributed by atoms with E-state index >= 15 is 0 Å². The molecule has 1 fully saturated rings. The third kappa shape index (κ3) is 4.02. The molecular formula is C19H28N4O. The minimum atomic E-state index is 0.174. The van der Waals surface area contributed by atoms with Crippen molar-refractivity contribution in [3.63, 3.8) is 0 Å². The normalized spacial score (nSPS) is 19.8. The zero-order chi connectivity index (χ0) is 17.7. The number of carbonyl (C=O) groups is 1. The highest BCUT2D eigenvalue weighted by atomic mass is 16.1. The van der Waals surface area contributed by atoms with Crippen LogP contribution in [0.5, 0.6) is 0 Å². The number of allylic oxidation sites excluding steroid dienone is 1. The average molecular weight is 328 g/mol. The molecule has 2 rings (SSSR count). The number of anilines is 2. The van der Waals surface area contributed by atoms with E-state index < -0.39 is 0 Å². The lowest BCUT2D eigenvalue weighted by Gasteiger charge is -2.28. The second kappa shape index (κ2) is 8.08. The van der Waals surface area contributed by atoms with Gasteiger partial charge in [0.25, 0.3) is 0 Å². The number of nitrogens with zero attached hydrogens (tertiary/aromatic N) is 3. The molecule has 0 saturated heterocycles. The summed E-state index contributed by atoms with van der Waals surface area (Å²) in [6, 6.07) is 0.264. The molecule has 1 aliphatic rings. The molecule has 0 aromatic carbocycles. The van der Waals surface area contributed by atoms with E-state index in [4.69, 9.17) is 0 Å². The summed E-state index contributed by atoms with van der Waals surface area (Å²) in [4.78, 5) is 23.0. The van der Waals surface area contributed by atoms with Gasteiger partial charge in [-0.15, -0.1) is 0 Å². The first kappa shape index (κ1) is 18.2. The fourth-order valence-electron chi connectivity index (χ4n) is 3.39. The first-order valence-electron chi connectivity index (χ1n) is 8.65. The van der Waals surface area contributed by atoms with Crippen molar-refractivity contribution in [2.75, 3.05) is 10.2 Å². The number of hydrogen-bond donors (Lipinski definition) is 1. The molecule has 130 valence electrons. The van der Waals surface area contributed by atoms with Crippen LogP contribution in [-0.2, 0) is 4.79 Å². The van der Waals surface area contributed by atoms with Crippen LogP contribution in [0.2, 0.25) is 0 Å². The van der Waals surface area contributed by atoms with E-state index in [2.05, 4.69) is 40.3 Å². The lowest BCUT2D eigenvalue weighted by atomic mass is 9.99. The molecule has 0 radical (unpaired) electrons. The number of Topliss-reactive ketones (excluding diaryl/α,β-unsaturated/α-hetero) is 1. The van der Waals surface area contributed by atoms with Gasteiger partial charge in [0, 0.05) is 29.6 Å². The topological polar surface area (TPSA) is 58.1 Å². The van der Waals surface area contributed by atoms with Gasteiger partial charge >= 0.3 is 0 Å². The highest BCUT2D eigenvalue weighted by molar-refractivity contribution is 5.81. The Morgan fingerprint density at radius 3 is 2.83 bits per heavy atom. The number of nitrogens with one attached hydrogen (secondary N) is 1. The molecule has 0 bridgehead atoms. The molecule has 1 heterocycles. The quantitative estimate of drug-likeness (QED) is 0.774. The maximum absolute atomic E-state index is 12.2. The summed E-state index contributed by atoms with van der Waals surface area (Å²) in [5.41, 5.74) is 1.79. The molecule has 2 atom stereocenters. The Balaban J connectivity index is 2.19. The van der Waals surface area contributed by atoms with Crippen LogP contribution in [0.4, 0.5) is 11.6 Å². The van der Waals surface area contributed by atoms with E-state index in [1.54, 1.807) is 6.33 Å². The third-order valence-corrected chi connectivity index (χ3v) is 4.58. The minimum Gasteiger partial charge on any atom is -0.344 e. The van der Waals surface area contributed by atoms with Gasteiger partial charge in [0.1, 0.15) is 23.7 Å². The van der Waals surface area contributed by atoms with Gasteiger partial charge < -0.3 is 10.2 Å². The molecule has 0 spiro atoms. The summed E-state index contributed by atoms with van der Waals surface area (Å²) < 4.78 is 0. The molecule has 0 amide bonds. The highest BCUT2D eigenvalue weighted by Gasteiger charge is 2.33. The number of rotatable bonds is 8. The number of hydrogen-bond acceptors (Lipinski definition) is 5. The van der Waals surface area contributed by atoms with E-state index in [9.17, 15) is 4.79 Å². The van der Waals surface area contributed by atoms with Gasteiger partial charge in [0.15, 0.2) is 0 Å². The molecule has 2 unspecified atom stereocenters. The molecule has 1 saturated carbocycles. The first-order valence-corrected chi connectivity index (χ1v) is 8.65. The Morgan fingerprint density at radius 2 is 2.21 bits per heavy atom. The summed E-state index contributed by atoms with van der Waals surface area (Å²) in [5.74, 6) is 2.17. The second-order valence-corrected chi connectivity index (χ2v) is 6.55. The van der Waals surface area contributed by atoms with Crippen molar-refractivity contribution >= 4 is 17.4 Å². The van der Waals surface area contributed by atoms with Crippen LogP contribution in [0, 0.1) is 12.8 Å².